The second kappa shape index (κ2) is 9.50. The van der Waals surface area contributed by atoms with Gasteiger partial charge in [0.2, 0.25) is 0 Å². The van der Waals surface area contributed by atoms with Crippen LogP contribution in [-0.4, -0.2) is 19.2 Å². The lowest BCUT2D eigenvalue weighted by Gasteiger charge is -2.18. The maximum absolute atomic E-state index is 12.3. The van der Waals surface area contributed by atoms with Gasteiger partial charge in [0.05, 0.1) is 13.2 Å². The summed E-state index contributed by atoms with van der Waals surface area (Å²) < 4.78 is 11.2. The van der Waals surface area contributed by atoms with Gasteiger partial charge in [-0.3, -0.25) is 0 Å². The molecule has 0 saturated carbocycles. The Balaban J connectivity index is 3.27. The Morgan fingerprint density at radius 1 is 1.09 bits per heavy atom. The van der Waals surface area contributed by atoms with Crippen molar-refractivity contribution < 1.29 is 14.3 Å². The first-order valence-corrected chi connectivity index (χ1v) is 8.49. The van der Waals surface area contributed by atoms with Crippen LogP contribution in [0.15, 0.2) is 12.1 Å². The van der Waals surface area contributed by atoms with Crippen molar-refractivity contribution in [2.24, 2.45) is 5.92 Å². The third-order valence-electron chi connectivity index (χ3n) is 3.34. The Hall–Kier alpha value is -1.51. The van der Waals surface area contributed by atoms with Crippen LogP contribution in [0.5, 0.6) is 5.75 Å². The summed E-state index contributed by atoms with van der Waals surface area (Å²) in [5, 5.41) is 0. The van der Waals surface area contributed by atoms with Crippen LogP contribution in [-0.2, 0) is 17.6 Å². The first-order valence-electron chi connectivity index (χ1n) is 8.49. The minimum absolute atomic E-state index is 0.281. The number of rotatable bonds is 9. The zero-order chi connectivity index (χ0) is 16.5. The van der Waals surface area contributed by atoms with Crippen LogP contribution >= 0.6 is 0 Å². The van der Waals surface area contributed by atoms with E-state index in [-0.39, 0.29) is 5.97 Å². The Bertz CT molecular complexity index is 478. The maximum Gasteiger partial charge on any atom is 0.341 e. The molecule has 0 saturated heterocycles. The van der Waals surface area contributed by atoms with Crippen molar-refractivity contribution in [3.63, 3.8) is 0 Å². The molecule has 124 valence electrons. The van der Waals surface area contributed by atoms with E-state index in [0.29, 0.717) is 30.4 Å². The number of carbonyl (C=O) groups is 1. The van der Waals surface area contributed by atoms with Crippen LogP contribution in [0.2, 0.25) is 0 Å². The minimum atomic E-state index is -0.281. The smallest absolute Gasteiger partial charge is 0.341 e. The van der Waals surface area contributed by atoms with E-state index in [1.807, 2.05) is 13.0 Å². The van der Waals surface area contributed by atoms with Gasteiger partial charge in [0.25, 0.3) is 0 Å². The summed E-state index contributed by atoms with van der Waals surface area (Å²) >= 11 is 0. The first kappa shape index (κ1) is 18.5. The monoisotopic (exact) mass is 306 g/mol. The highest BCUT2D eigenvalue weighted by Gasteiger charge is 2.19. The Morgan fingerprint density at radius 2 is 1.77 bits per heavy atom. The molecule has 22 heavy (non-hydrogen) atoms. The van der Waals surface area contributed by atoms with Crippen molar-refractivity contribution >= 4 is 5.97 Å². The molecule has 0 aliphatic heterocycles. The normalized spacial score (nSPS) is 10.8. The minimum Gasteiger partial charge on any atom is -0.492 e. The van der Waals surface area contributed by atoms with Crippen LogP contribution in [0.4, 0.5) is 0 Å². The molecule has 0 atom stereocenters. The van der Waals surface area contributed by atoms with Gasteiger partial charge in [-0.15, -0.1) is 0 Å². The highest BCUT2D eigenvalue weighted by Crippen LogP contribution is 2.29. The fourth-order valence-corrected chi connectivity index (χ4v) is 2.42. The van der Waals surface area contributed by atoms with Crippen LogP contribution in [0.25, 0.3) is 0 Å². The van der Waals surface area contributed by atoms with Gasteiger partial charge >= 0.3 is 5.97 Å². The predicted octanol–water partition coefficient (Wildman–Crippen LogP) is 4.80. The standard InChI is InChI=1S/C19H30O3/c1-6-9-15-11-16(10-7-2)18(22-13-14(4)5)17(12-15)19(20)21-8-3/h11-12,14H,6-10,13H2,1-5H3. The molecule has 0 aromatic heterocycles. The largest absolute Gasteiger partial charge is 0.492 e. The van der Waals surface area contributed by atoms with E-state index in [9.17, 15) is 4.79 Å². The van der Waals surface area contributed by atoms with Gasteiger partial charge in [-0.2, -0.15) is 0 Å². The van der Waals surface area contributed by atoms with E-state index in [1.54, 1.807) is 0 Å². The van der Waals surface area contributed by atoms with E-state index in [0.717, 1.165) is 31.2 Å². The van der Waals surface area contributed by atoms with Gasteiger partial charge in [0.1, 0.15) is 11.3 Å². The summed E-state index contributed by atoms with van der Waals surface area (Å²) in [6.45, 7) is 11.3. The number of hydrogen-bond donors (Lipinski definition) is 0. The third kappa shape index (κ3) is 5.36. The van der Waals surface area contributed by atoms with Gasteiger partial charge in [-0.25, -0.2) is 4.79 Å². The number of benzene rings is 1. The molecule has 1 rings (SSSR count). The molecule has 0 fully saturated rings. The molecule has 0 amide bonds. The number of ether oxygens (including phenoxy) is 2. The Labute approximate surface area is 135 Å². The van der Waals surface area contributed by atoms with Crippen LogP contribution in [0.1, 0.15) is 68.9 Å². The predicted molar refractivity (Wildman–Crippen MR) is 90.7 cm³/mol. The van der Waals surface area contributed by atoms with Gasteiger partial charge in [-0.1, -0.05) is 46.6 Å². The van der Waals surface area contributed by atoms with Gasteiger partial charge in [-0.05, 0) is 42.9 Å². The molecule has 0 aliphatic rings. The Morgan fingerprint density at radius 3 is 2.32 bits per heavy atom. The van der Waals surface area contributed by atoms with Crippen molar-refractivity contribution in [1.29, 1.82) is 0 Å². The molecule has 1 aromatic carbocycles. The molecule has 0 radical (unpaired) electrons. The molecule has 3 nitrogen and oxygen atoms in total. The number of hydrogen-bond acceptors (Lipinski definition) is 3. The molecule has 3 heteroatoms. The van der Waals surface area contributed by atoms with E-state index in [1.165, 1.54) is 5.56 Å². The van der Waals surface area contributed by atoms with Crippen molar-refractivity contribution in [2.75, 3.05) is 13.2 Å². The zero-order valence-corrected chi connectivity index (χ0v) is 14.7. The summed E-state index contributed by atoms with van der Waals surface area (Å²) in [5.74, 6) is 0.852. The molecular weight excluding hydrogens is 276 g/mol. The summed E-state index contributed by atoms with van der Waals surface area (Å²) in [6, 6.07) is 4.13. The van der Waals surface area contributed by atoms with Crippen molar-refractivity contribution in [3.05, 3.63) is 28.8 Å². The van der Waals surface area contributed by atoms with E-state index >= 15 is 0 Å². The molecule has 1 aromatic rings. The second-order valence-corrected chi connectivity index (χ2v) is 6.06. The summed E-state index contributed by atoms with van der Waals surface area (Å²) in [4.78, 5) is 12.3. The van der Waals surface area contributed by atoms with E-state index in [4.69, 9.17) is 9.47 Å². The van der Waals surface area contributed by atoms with E-state index in [2.05, 4.69) is 33.8 Å². The fourth-order valence-electron chi connectivity index (χ4n) is 2.42. The lowest BCUT2D eigenvalue weighted by atomic mass is 9.98. The highest BCUT2D eigenvalue weighted by atomic mass is 16.5. The SMILES string of the molecule is CCCc1cc(CCC)c(OCC(C)C)c(C(=O)OCC)c1. The van der Waals surface area contributed by atoms with E-state index < -0.39 is 0 Å². The lowest BCUT2D eigenvalue weighted by molar-refractivity contribution is 0.0520. The average Bonchev–Trinajstić information content (AvgIpc) is 2.46. The van der Waals surface area contributed by atoms with Gasteiger partial charge in [0.15, 0.2) is 0 Å². The van der Waals surface area contributed by atoms with Crippen LogP contribution < -0.4 is 4.74 Å². The molecule has 0 unspecified atom stereocenters. The number of esters is 1. The van der Waals surface area contributed by atoms with Gasteiger partial charge in [0, 0.05) is 0 Å². The van der Waals surface area contributed by atoms with Crippen molar-refractivity contribution in [2.45, 2.75) is 60.3 Å². The summed E-state index contributed by atoms with van der Waals surface area (Å²) in [5.41, 5.74) is 2.89. The quantitative estimate of drug-likeness (QED) is 0.615. The van der Waals surface area contributed by atoms with Crippen LogP contribution in [0.3, 0.4) is 0 Å². The second-order valence-electron chi connectivity index (χ2n) is 6.06. The zero-order valence-electron chi connectivity index (χ0n) is 14.7. The molecule has 0 aliphatic carbocycles. The maximum atomic E-state index is 12.3. The topological polar surface area (TPSA) is 35.5 Å². The highest BCUT2D eigenvalue weighted by molar-refractivity contribution is 5.93. The Kier molecular flexibility index (Phi) is 8.00. The fraction of sp³-hybridized carbons (Fsp3) is 0.632. The summed E-state index contributed by atoms with van der Waals surface area (Å²) in [7, 11) is 0. The average molecular weight is 306 g/mol. The van der Waals surface area contributed by atoms with Crippen LogP contribution in [0, 0.1) is 5.92 Å². The van der Waals surface area contributed by atoms with Crippen molar-refractivity contribution in [1.82, 2.24) is 0 Å². The molecule has 0 bridgehead atoms. The summed E-state index contributed by atoms with van der Waals surface area (Å²) in [6.07, 6.45) is 3.96. The molecule has 0 N–H and O–H groups in total. The lowest BCUT2D eigenvalue weighted by Crippen LogP contribution is -2.13. The van der Waals surface area contributed by atoms with Gasteiger partial charge < -0.3 is 9.47 Å². The molecule has 0 spiro atoms. The molecule has 0 heterocycles. The first-order chi connectivity index (χ1) is 10.5. The third-order valence-corrected chi connectivity index (χ3v) is 3.34. The molecular formula is C19H30O3. The number of aryl methyl sites for hydroxylation is 2. The number of carbonyl (C=O) groups excluding carboxylic acids is 1. The van der Waals surface area contributed by atoms with Crippen molar-refractivity contribution in [3.8, 4) is 5.75 Å².